The van der Waals surface area contributed by atoms with E-state index >= 15 is 0 Å². The van der Waals surface area contributed by atoms with Gasteiger partial charge in [-0.05, 0) is 54.7 Å². The van der Waals surface area contributed by atoms with Gasteiger partial charge >= 0.3 is 6.03 Å². The van der Waals surface area contributed by atoms with Crippen LogP contribution >= 0.6 is 11.6 Å². The summed E-state index contributed by atoms with van der Waals surface area (Å²) in [4.78, 5) is 26.8. The Morgan fingerprint density at radius 3 is 2.36 bits per heavy atom. The lowest BCUT2D eigenvalue weighted by molar-refractivity contribution is -0.133. The molecule has 1 saturated heterocycles. The van der Waals surface area contributed by atoms with Crippen molar-refractivity contribution in [1.82, 2.24) is 10.2 Å². The van der Waals surface area contributed by atoms with Crippen molar-refractivity contribution in [2.75, 3.05) is 0 Å². The van der Waals surface area contributed by atoms with E-state index in [-0.39, 0.29) is 17.4 Å². The Labute approximate surface area is 154 Å². The summed E-state index contributed by atoms with van der Waals surface area (Å²) in [6.45, 7) is 7.13. The van der Waals surface area contributed by atoms with E-state index in [0.29, 0.717) is 17.5 Å². The molecule has 1 aromatic rings. The summed E-state index contributed by atoms with van der Waals surface area (Å²) < 4.78 is 0. The third kappa shape index (κ3) is 3.41. The fourth-order valence-electron chi connectivity index (χ4n) is 4.11. The Balaban J connectivity index is 1.70. The van der Waals surface area contributed by atoms with Crippen LogP contribution in [0.25, 0.3) is 0 Å². The van der Waals surface area contributed by atoms with Gasteiger partial charge in [0.15, 0.2) is 0 Å². The van der Waals surface area contributed by atoms with Crippen molar-refractivity contribution in [1.29, 1.82) is 0 Å². The van der Waals surface area contributed by atoms with Crippen LogP contribution in [0.2, 0.25) is 5.02 Å². The lowest BCUT2D eigenvalue weighted by Crippen LogP contribution is -2.50. The molecule has 5 heteroatoms. The first kappa shape index (κ1) is 18.2. The molecule has 3 amide bonds. The van der Waals surface area contributed by atoms with Gasteiger partial charge in [-0.3, -0.25) is 9.69 Å². The molecule has 0 atom stereocenters. The van der Waals surface area contributed by atoms with Crippen LogP contribution in [0.4, 0.5) is 4.79 Å². The molecule has 1 aromatic carbocycles. The minimum atomic E-state index is -0.691. The Morgan fingerprint density at radius 2 is 1.80 bits per heavy atom. The van der Waals surface area contributed by atoms with Gasteiger partial charge in [0.05, 0.1) is 6.54 Å². The van der Waals surface area contributed by atoms with E-state index in [1.54, 1.807) is 12.1 Å². The summed E-state index contributed by atoms with van der Waals surface area (Å²) in [5.41, 5.74) is 0.505. The molecule has 3 rings (SSSR count). The second-order valence-corrected chi connectivity index (χ2v) is 8.58. The summed E-state index contributed by atoms with van der Waals surface area (Å²) in [7, 11) is 0. The zero-order chi connectivity index (χ0) is 18.2. The second-order valence-electron chi connectivity index (χ2n) is 8.15. The molecule has 0 unspecified atom stereocenters. The first-order valence-electron chi connectivity index (χ1n) is 9.16. The number of nitrogens with one attached hydrogen (secondary N) is 1. The highest BCUT2D eigenvalue weighted by Crippen LogP contribution is 2.45. The normalized spacial score (nSPS) is 27.0. The van der Waals surface area contributed by atoms with Gasteiger partial charge in [0.1, 0.15) is 5.54 Å². The van der Waals surface area contributed by atoms with Crippen LogP contribution < -0.4 is 5.32 Å². The van der Waals surface area contributed by atoms with Crippen molar-refractivity contribution in [2.24, 2.45) is 11.3 Å². The number of carbonyl (C=O) groups excluding carboxylic acids is 2. The van der Waals surface area contributed by atoms with Crippen LogP contribution in [0.3, 0.4) is 0 Å². The van der Waals surface area contributed by atoms with E-state index in [1.165, 1.54) is 4.90 Å². The van der Waals surface area contributed by atoms with Crippen molar-refractivity contribution in [3.8, 4) is 0 Å². The highest BCUT2D eigenvalue weighted by atomic mass is 35.5. The largest absolute Gasteiger partial charge is 0.325 e. The molecule has 0 bridgehead atoms. The highest BCUT2D eigenvalue weighted by molar-refractivity contribution is 6.30. The minimum absolute atomic E-state index is 0.0693. The number of nitrogens with zero attached hydrogens (tertiary/aromatic N) is 1. The number of halogens is 1. The monoisotopic (exact) mass is 362 g/mol. The van der Waals surface area contributed by atoms with Gasteiger partial charge < -0.3 is 5.32 Å². The summed E-state index contributed by atoms with van der Waals surface area (Å²) in [5, 5.41) is 3.65. The van der Waals surface area contributed by atoms with Crippen LogP contribution in [0.1, 0.15) is 58.4 Å². The Kier molecular flexibility index (Phi) is 4.84. The standard InChI is InChI=1S/C20H27ClN2O2/c1-4-19(2,3)15-9-11-20(12-10-15)17(24)23(18(25)22-20)13-14-5-7-16(21)8-6-14/h5-8,15H,4,9-13H2,1-3H3,(H,22,25). The van der Waals surface area contributed by atoms with Crippen molar-refractivity contribution >= 4 is 23.5 Å². The number of rotatable bonds is 4. The number of hydrogen-bond donors (Lipinski definition) is 1. The van der Waals surface area contributed by atoms with Crippen LogP contribution in [0.5, 0.6) is 0 Å². The molecule has 4 nitrogen and oxygen atoms in total. The molecule has 2 fully saturated rings. The topological polar surface area (TPSA) is 49.4 Å². The van der Waals surface area contributed by atoms with Crippen molar-refractivity contribution in [3.05, 3.63) is 34.9 Å². The van der Waals surface area contributed by atoms with E-state index < -0.39 is 5.54 Å². The maximum absolute atomic E-state index is 13.0. The van der Waals surface area contributed by atoms with E-state index in [9.17, 15) is 9.59 Å². The predicted octanol–water partition coefficient (Wildman–Crippen LogP) is 4.76. The summed E-state index contributed by atoms with van der Waals surface area (Å²) in [6, 6.07) is 7.00. The first-order valence-corrected chi connectivity index (χ1v) is 9.54. The Morgan fingerprint density at radius 1 is 1.20 bits per heavy atom. The summed E-state index contributed by atoms with van der Waals surface area (Å²) in [6.07, 6.45) is 4.59. The number of imide groups is 1. The zero-order valence-corrected chi connectivity index (χ0v) is 16.0. The lowest BCUT2D eigenvalue weighted by atomic mass is 9.65. The molecular formula is C20H27ClN2O2. The van der Waals surface area contributed by atoms with Crippen molar-refractivity contribution in [2.45, 2.75) is 65.0 Å². The molecule has 0 radical (unpaired) electrons. The predicted molar refractivity (Wildman–Crippen MR) is 99.3 cm³/mol. The molecule has 136 valence electrons. The number of carbonyl (C=O) groups is 2. The molecule has 1 aliphatic carbocycles. The molecule has 1 saturated carbocycles. The number of amides is 3. The van der Waals surface area contributed by atoms with Gasteiger partial charge in [0, 0.05) is 5.02 Å². The molecular weight excluding hydrogens is 336 g/mol. The first-order chi connectivity index (χ1) is 11.8. The number of hydrogen-bond acceptors (Lipinski definition) is 2. The average Bonchev–Trinajstić information content (AvgIpc) is 2.81. The maximum atomic E-state index is 13.0. The van der Waals surface area contributed by atoms with E-state index in [2.05, 4.69) is 26.1 Å². The number of urea groups is 1. The van der Waals surface area contributed by atoms with Gasteiger partial charge in [0.25, 0.3) is 5.91 Å². The second kappa shape index (κ2) is 6.64. The molecule has 1 N–H and O–H groups in total. The molecule has 0 aromatic heterocycles. The SMILES string of the molecule is CCC(C)(C)C1CCC2(CC1)NC(=O)N(Cc1ccc(Cl)cc1)C2=O. The molecule has 2 aliphatic rings. The third-order valence-corrected chi connectivity index (χ3v) is 6.61. The highest BCUT2D eigenvalue weighted by Gasteiger charge is 2.53. The van der Waals surface area contributed by atoms with Crippen LogP contribution in [0.15, 0.2) is 24.3 Å². The quantitative estimate of drug-likeness (QED) is 0.785. The van der Waals surface area contributed by atoms with Crippen LogP contribution in [-0.4, -0.2) is 22.4 Å². The summed E-state index contributed by atoms with van der Waals surface area (Å²) in [5.74, 6) is 0.540. The summed E-state index contributed by atoms with van der Waals surface area (Å²) >= 11 is 5.90. The Bertz CT molecular complexity index is 661. The van der Waals surface area contributed by atoms with Gasteiger partial charge in [-0.2, -0.15) is 0 Å². The fraction of sp³-hybridized carbons (Fsp3) is 0.600. The van der Waals surface area contributed by atoms with Gasteiger partial charge in [0.2, 0.25) is 0 Å². The van der Waals surface area contributed by atoms with Crippen LogP contribution in [-0.2, 0) is 11.3 Å². The van der Waals surface area contributed by atoms with Gasteiger partial charge in [-0.1, -0.05) is 50.9 Å². The lowest BCUT2D eigenvalue weighted by Gasteiger charge is -2.42. The van der Waals surface area contributed by atoms with Crippen LogP contribution in [0, 0.1) is 11.3 Å². The van der Waals surface area contributed by atoms with Gasteiger partial charge in [-0.15, -0.1) is 0 Å². The molecule has 1 spiro atoms. The Hall–Kier alpha value is -1.55. The molecule has 1 heterocycles. The number of benzene rings is 1. The zero-order valence-electron chi connectivity index (χ0n) is 15.3. The van der Waals surface area contributed by atoms with Crippen molar-refractivity contribution < 1.29 is 9.59 Å². The van der Waals surface area contributed by atoms with Crippen molar-refractivity contribution in [3.63, 3.8) is 0 Å². The minimum Gasteiger partial charge on any atom is -0.323 e. The third-order valence-electron chi connectivity index (χ3n) is 6.36. The average molecular weight is 363 g/mol. The van der Waals surface area contributed by atoms with E-state index in [0.717, 1.165) is 37.7 Å². The van der Waals surface area contributed by atoms with Gasteiger partial charge in [-0.25, -0.2) is 4.79 Å². The molecule has 25 heavy (non-hydrogen) atoms. The van der Waals surface area contributed by atoms with E-state index in [4.69, 9.17) is 11.6 Å². The van der Waals surface area contributed by atoms with E-state index in [1.807, 2.05) is 12.1 Å². The maximum Gasteiger partial charge on any atom is 0.325 e. The fourth-order valence-corrected chi connectivity index (χ4v) is 4.24. The molecule has 1 aliphatic heterocycles. The smallest absolute Gasteiger partial charge is 0.323 e.